The van der Waals surface area contributed by atoms with Crippen molar-refractivity contribution in [2.75, 3.05) is 12.4 Å². The lowest BCUT2D eigenvalue weighted by molar-refractivity contribution is 0.0525. The monoisotopic (exact) mass is 469 g/mol. The summed E-state index contributed by atoms with van der Waals surface area (Å²) in [5, 5.41) is 1.12. The molecule has 0 bridgehead atoms. The number of aromatic nitrogens is 3. The number of Topliss-reactive ketones (excluding diaryl/α,β-unsaturated/α-hetero) is 1. The maximum atomic E-state index is 13.1. The van der Waals surface area contributed by atoms with Gasteiger partial charge in [-0.1, -0.05) is 50.1 Å². The zero-order chi connectivity index (χ0) is 24.0. The fourth-order valence-electron chi connectivity index (χ4n) is 3.89. The summed E-state index contributed by atoms with van der Waals surface area (Å²) in [6.45, 7) is 8.23. The molecule has 8 heteroatoms. The molecule has 0 amide bonds. The molecule has 2 heterocycles. The van der Waals surface area contributed by atoms with E-state index in [2.05, 4.69) is 16.9 Å². The summed E-state index contributed by atoms with van der Waals surface area (Å²) >= 11 is 1.25. The molecule has 0 saturated carbocycles. The number of nitrogens with zero attached hydrogens (tertiary/aromatic N) is 2. The summed E-state index contributed by atoms with van der Waals surface area (Å²) in [4.78, 5) is 46.1. The van der Waals surface area contributed by atoms with Crippen LogP contribution in [0.15, 0.2) is 34.2 Å². The average molecular weight is 470 g/mol. The maximum absolute atomic E-state index is 13.1. The molecule has 0 aliphatic heterocycles. The van der Waals surface area contributed by atoms with Crippen molar-refractivity contribution >= 4 is 34.4 Å². The lowest BCUT2D eigenvalue weighted by atomic mass is 10.1. The molecule has 1 N–H and O–H groups in total. The third kappa shape index (κ3) is 5.55. The summed E-state index contributed by atoms with van der Waals surface area (Å²) in [6, 6.07) is 7.28. The van der Waals surface area contributed by atoms with Crippen molar-refractivity contribution < 1.29 is 14.3 Å². The van der Waals surface area contributed by atoms with Crippen molar-refractivity contribution in [3.63, 3.8) is 0 Å². The molecule has 33 heavy (non-hydrogen) atoms. The number of hydrogen-bond acceptors (Lipinski definition) is 6. The number of H-pyrrole nitrogens is 1. The van der Waals surface area contributed by atoms with Gasteiger partial charge in [0.15, 0.2) is 10.9 Å². The Morgan fingerprint density at radius 3 is 2.61 bits per heavy atom. The van der Waals surface area contributed by atoms with E-state index in [1.165, 1.54) is 11.8 Å². The van der Waals surface area contributed by atoms with E-state index in [1.807, 2.05) is 18.2 Å². The standard InChI is InChI=1S/C25H31N3O4S/c1-5-7-8-11-14-28-23(30)18-12-9-10-13-19(18)27-25(28)33-15-20(29)22-16(3)21(17(4)26-22)24(31)32-6-2/h9-10,12-13,26H,5-8,11,14-15H2,1-4H3. The van der Waals surface area contributed by atoms with E-state index in [4.69, 9.17) is 4.74 Å². The zero-order valence-electron chi connectivity index (χ0n) is 19.7. The number of carbonyl (C=O) groups excluding carboxylic acids is 2. The molecule has 1 aromatic carbocycles. The summed E-state index contributed by atoms with van der Waals surface area (Å²) in [5.74, 6) is -0.494. The Hall–Kier alpha value is -2.87. The van der Waals surface area contributed by atoms with Crippen molar-refractivity contribution in [2.24, 2.45) is 0 Å². The highest BCUT2D eigenvalue weighted by Gasteiger charge is 2.23. The van der Waals surface area contributed by atoms with E-state index in [0.29, 0.717) is 45.1 Å². The molecule has 0 radical (unpaired) electrons. The SMILES string of the molecule is CCCCCCn1c(SCC(=O)c2[nH]c(C)c(C(=O)OCC)c2C)nc2ccccc2c1=O. The van der Waals surface area contributed by atoms with Crippen molar-refractivity contribution in [2.45, 2.75) is 65.1 Å². The molecular formula is C25H31N3O4S. The number of nitrogens with one attached hydrogen (secondary N) is 1. The number of esters is 1. The number of hydrogen-bond donors (Lipinski definition) is 1. The van der Waals surface area contributed by atoms with Crippen LogP contribution in [0.2, 0.25) is 0 Å². The number of fused-ring (bicyclic) bond motifs is 1. The first-order chi connectivity index (χ1) is 15.9. The van der Waals surface area contributed by atoms with E-state index in [1.54, 1.807) is 31.4 Å². The second kappa shape index (κ2) is 11.3. The number of para-hydroxylation sites is 1. The van der Waals surface area contributed by atoms with Gasteiger partial charge in [0.05, 0.1) is 34.5 Å². The molecule has 0 atom stereocenters. The zero-order valence-corrected chi connectivity index (χ0v) is 20.5. The molecule has 2 aromatic heterocycles. The number of carbonyl (C=O) groups is 2. The Morgan fingerprint density at radius 1 is 1.12 bits per heavy atom. The van der Waals surface area contributed by atoms with Crippen LogP contribution in [0.4, 0.5) is 0 Å². The van der Waals surface area contributed by atoms with E-state index >= 15 is 0 Å². The fourth-order valence-corrected chi connectivity index (χ4v) is 4.79. The molecule has 7 nitrogen and oxygen atoms in total. The molecule has 0 spiro atoms. The molecule has 0 fully saturated rings. The van der Waals surface area contributed by atoms with Crippen LogP contribution >= 0.6 is 11.8 Å². The van der Waals surface area contributed by atoms with Crippen molar-refractivity contribution in [3.8, 4) is 0 Å². The van der Waals surface area contributed by atoms with Gasteiger partial charge in [0.25, 0.3) is 5.56 Å². The van der Waals surface area contributed by atoms with Crippen molar-refractivity contribution in [1.82, 2.24) is 14.5 Å². The Balaban J connectivity index is 1.86. The second-order valence-corrected chi connectivity index (χ2v) is 8.93. The lowest BCUT2D eigenvalue weighted by Gasteiger charge is -2.13. The Bertz CT molecular complexity index is 1210. The fraction of sp³-hybridized carbons (Fsp3) is 0.440. The largest absolute Gasteiger partial charge is 0.462 e. The number of benzene rings is 1. The van der Waals surface area contributed by atoms with E-state index in [0.717, 1.165) is 25.7 Å². The third-order valence-corrected chi connectivity index (χ3v) is 6.57. The van der Waals surface area contributed by atoms with E-state index in [9.17, 15) is 14.4 Å². The molecular weight excluding hydrogens is 438 g/mol. The third-order valence-electron chi connectivity index (χ3n) is 5.59. The number of aryl methyl sites for hydroxylation is 1. The van der Waals surface area contributed by atoms with Crippen LogP contribution in [0, 0.1) is 13.8 Å². The van der Waals surface area contributed by atoms with Gasteiger partial charge < -0.3 is 9.72 Å². The van der Waals surface area contributed by atoms with Gasteiger partial charge in [0.2, 0.25) is 0 Å². The lowest BCUT2D eigenvalue weighted by Crippen LogP contribution is -2.24. The van der Waals surface area contributed by atoms with Gasteiger partial charge in [-0.15, -0.1) is 0 Å². The van der Waals surface area contributed by atoms with Crippen LogP contribution in [0.25, 0.3) is 10.9 Å². The predicted molar refractivity (Wildman–Crippen MR) is 131 cm³/mol. The Morgan fingerprint density at radius 2 is 1.88 bits per heavy atom. The summed E-state index contributed by atoms with van der Waals surface area (Å²) in [5.41, 5.74) is 2.53. The molecule has 3 rings (SSSR count). The molecule has 3 aromatic rings. The normalized spacial score (nSPS) is 11.2. The number of aromatic amines is 1. The Labute approximate surface area is 197 Å². The summed E-state index contributed by atoms with van der Waals surface area (Å²) < 4.78 is 6.80. The van der Waals surface area contributed by atoms with Crippen LogP contribution in [0.3, 0.4) is 0 Å². The van der Waals surface area contributed by atoms with Crippen molar-refractivity contribution in [3.05, 3.63) is 57.1 Å². The van der Waals surface area contributed by atoms with Crippen LogP contribution < -0.4 is 5.56 Å². The van der Waals surface area contributed by atoms with Gasteiger partial charge in [0, 0.05) is 12.2 Å². The van der Waals surface area contributed by atoms with Crippen LogP contribution in [0.5, 0.6) is 0 Å². The van der Waals surface area contributed by atoms with Crippen LogP contribution in [0.1, 0.15) is 71.6 Å². The molecule has 176 valence electrons. The van der Waals surface area contributed by atoms with Gasteiger partial charge in [0.1, 0.15) is 0 Å². The van der Waals surface area contributed by atoms with Crippen LogP contribution in [-0.2, 0) is 11.3 Å². The number of unbranched alkanes of at least 4 members (excludes halogenated alkanes) is 3. The molecule has 0 saturated heterocycles. The highest BCUT2D eigenvalue weighted by Crippen LogP contribution is 2.23. The van der Waals surface area contributed by atoms with Crippen molar-refractivity contribution in [1.29, 1.82) is 0 Å². The summed E-state index contributed by atoms with van der Waals surface area (Å²) in [7, 11) is 0. The van der Waals surface area contributed by atoms with Gasteiger partial charge in [-0.2, -0.15) is 0 Å². The summed E-state index contributed by atoms with van der Waals surface area (Å²) in [6.07, 6.45) is 4.15. The molecule has 0 aliphatic rings. The van der Waals surface area contributed by atoms with Gasteiger partial charge in [-0.25, -0.2) is 9.78 Å². The average Bonchev–Trinajstić information content (AvgIpc) is 3.10. The second-order valence-electron chi connectivity index (χ2n) is 7.99. The quantitative estimate of drug-likeness (QED) is 0.138. The highest BCUT2D eigenvalue weighted by molar-refractivity contribution is 7.99. The number of ketones is 1. The molecule has 0 aliphatic carbocycles. The highest BCUT2D eigenvalue weighted by atomic mass is 32.2. The van der Waals surface area contributed by atoms with E-state index < -0.39 is 5.97 Å². The van der Waals surface area contributed by atoms with Gasteiger partial charge in [-0.3, -0.25) is 14.2 Å². The minimum atomic E-state index is -0.437. The smallest absolute Gasteiger partial charge is 0.340 e. The first-order valence-electron chi connectivity index (χ1n) is 11.4. The van der Waals surface area contributed by atoms with E-state index in [-0.39, 0.29) is 23.7 Å². The number of thioether (sulfide) groups is 1. The first-order valence-corrected chi connectivity index (χ1v) is 12.4. The maximum Gasteiger partial charge on any atom is 0.340 e. The predicted octanol–water partition coefficient (Wildman–Crippen LogP) is 5.07. The number of ether oxygens (including phenoxy) is 1. The van der Waals surface area contributed by atoms with Gasteiger partial charge >= 0.3 is 5.97 Å². The molecule has 0 unspecified atom stereocenters. The number of rotatable bonds is 11. The minimum absolute atomic E-state index is 0.0801. The topological polar surface area (TPSA) is 94.1 Å². The van der Waals surface area contributed by atoms with Gasteiger partial charge in [-0.05, 0) is 44.9 Å². The first kappa shape index (κ1) is 24.8. The Kier molecular flexibility index (Phi) is 8.49. The minimum Gasteiger partial charge on any atom is -0.462 e. The van der Waals surface area contributed by atoms with Crippen LogP contribution in [-0.4, -0.2) is 38.6 Å².